The van der Waals surface area contributed by atoms with Crippen molar-refractivity contribution in [2.24, 2.45) is 5.92 Å². The Kier molecular flexibility index (Phi) is 5.38. The van der Waals surface area contributed by atoms with Gasteiger partial charge in [0.05, 0.1) is 11.2 Å². The van der Waals surface area contributed by atoms with Crippen LogP contribution in [0.4, 0.5) is 21.6 Å². The first-order chi connectivity index (χ1) is 14.5. The number of furan rings is 1. The van der Waals surface area contributed by atoms with Crippen molar-refractivity contribution in [2.45, 2.75) is 12.8 Å². The van der Waals surface area contributed by atoms with Gasteiger partial charge in [-0.1, -0.05) is 0 Å². The topological polar surface area (TPSA) is 114 Å². The summed E-state index contributed by atoms with van der Waals surface area (Å²) in [6.45, 7) is 1.24. The van der Waals surface area contributed by atoms with Gasteiger partial charge in [-0.25, -0.2) is 0 Å². The molecule has 1 aromatic carbocycles. The second kappa shape index (κ2) is 8.27. The number of rotatable bonds is 5. The number of amides is 1. The molecule has 0 atom stereocenters. The van der Waals surface area contributed by atoms with Gasteiger partial charge in [-0.15, -0.1) is 10.2 Å². The van der Waals surface area contributed by atoms with Crippen molar-refractivity contribution in [3.63, 3.8) is 0 Å². The molecule has 0 bridgehead atoms. The molecule has 154 valence electrons. The van der Waals surface area contributed by atoms with Crippen molar-refractivity contribution in [3.8, 4) is 11.5 Å². The van der Waals surface area contributed by atoms with Crippen LogP contribution in [0.3, 0.4) is 0 Å². The van der Waals surface area contributed by atoms with Gasteiger partial charge in [0.25, 0.3) is 0 Å². The fourth-order valence-electron chi connectivity index (χ4n) is 3.40. The zero-order chi connectivity index (χ0) is 21.1. The summed E-state index contributed by atoms with van der Waals surface area (Å²) in [7, 11) is 0. The van der Waals surface area contributed by atoms with Crippen LogP contribution in [-0.4, -0.2) is 34.1 Å². The number of hydrogen-bond donors (Lipinski definition) is 1. The van der Waals surface area contributed by atoms with E-state index in [1.807, 2.05) is 23.1 Å². The second-order valence-corrected chi connectivity index (χ2v) is 6.93. The number of halogens is 1. The minimum atomic E-state index is -0.939. The average molecular weight is 411 g/mol. The SMILES string of the molecule is O=C(Nc1ccc(F)c([N+](=O)[O-])c1)C1CCN(c2ccc(-c3ccco3)nn2)CC1. The second-order valence-electron chi connectivity index (χ2n) is 6.93. The van der Waals surface area contributed by atoms with Crippen molar-refractivity contribution in [1.29, 1.82) is 0 Å². The van der Waals surface area contributed by atoms with Crippen LogP contribution in [0, 0.1) is 21.8 Å². The first-order valence-corrected chi connectivity index (χ1v) is 9.38. The van der Waals surface area contributed by atoms with Crippen LogP contribution in [0.2, 0.25) is 0 Å². The monoisotopic (exact) mass is 411 g/mol. The van der Waals surface area contributed by atoms with E-state index < -0.39 is 16.4 Å². The minimum absolute atomic E-state index is 0.204. The highest BCUT2D eigenvalue weighted by molar-refractivity contribution is 5.93. The first-order valence-electron chi connectivity index (χ1n) is 9.38. The van der Waals surface area contributed by atoms with Gasteiger partial charge in [-0.05, 0) is 49.2 Å². The Balaban J connectivity index is 1.34. The maximum Gasteiger partial charge on any atom is 0.306 e. The number of benzene rings is 1. The molecule has 1 aliphatic heterocycles. The summed E-state index contributed by atoms with van der Waals surface area (Å²) >= 11 is 0. The number of piperidine rings is 1. The lowest BCUT2D eigenvalue weighted by Crippen LogP contribution is -2.38. The fraction of sp³-hybridized carbons (Fsp3) is 0.250. The highest BCUT2D eigenvalue weighted by atomic mass is 19.1. The zero-order valence-corrected chi connectivity index (χ0v) is 15.8. The van der Waals surface area contributed by atoms with Crippen LogP contribution in [0.25, 0.3) is 11.5 Å². The van der Waals surface area contributed by atoms with Crippen LogP contribution in [0.1, 0.15) is 12.8 Å². The molecule has 0 spiro atoms. The maximum atomic E-state index is 13.4. The summed E-state index contributed by atoms with van der Waals surface area (Å²) in [5.41, 5.74) is 0.181. The van der Waals surface area contributed by atoms with Crippen LogP contribution in [-0.2, 0) is 4.79 Å². The number of carbonyl (C=O) groups excluding carboxylic acids is 1. The lowest BCUT2D eigenvalue weighted by Gasteiger charge is -2.31. The summed E-state index contributed by atoms with van der Waals surface area (Å²) in [5, 5.41) is 21.9. The van der Waals surface area contributed by atoms with Gasteiger partial charge in [0.2, 0.25) is 11.7 Å². The molecule has 10 heteroatoms. The number of nitrogens with zero attached hydrogens (tertiary/aromatic N) is 4. The van der Waals surface area contributed by atoms with E-state index in [0.29, 0.717) is 37.4 Å². The Hall–Kier alpha value is -3.82. The van der Waals surface area contributed by atoms with Gasteiger partial charge in [-0.2, -0.15) is 4.39 Å². The summed E-state index contributed by atoms with van der Waals surface area (Å²) in [6, 6.07) is 10.6. The fourth-order valence-corrected chi connectivity index (χ4v) is 3.40. The highest BCUT2D eigenvalue weighted by Gasteiger charge is 2.26. The average Bonchev–Trinajstić information content (AvgIpc) is 3.30. The normalized spacial score (nSPS) is 14.5. The molecule has 0 unspecified atom stereocenters. The van der Waals surface area contributed by atoms with Gasteiger partial charge in [0.1, 0.15) is 5.69 Å². The molecular weight excluding hydrogens is 393 g/mol. The number of nitro groups is 1. The third-order valence-electron chi connectivity index (χ3n) is 5.02. The van der Waals surface area contributed by atoms with E-state index in [4.69, 9.17) is 4.42 Å². The molecule has 1 saturated heterocycles. The molecule has 1 N–H and O–H groups in total. The van der Waals surface area contributed by atoms with Crippen LogP contribution in [0.15, 0.2) is 53.1 Å². The molecular formula is C20H18FN5O4. The predicted octanol–water partition coefficient (Wildman–Crippen LogP) is 3.64. The van der Waals surface area contributed by atoms with E-state index in [1.165, 1.54) is 6.07 Å². The minimum Gasteiger partial charge on any atom is -0.463 e. The number of aromatic nitrogens is 2. The van der Waals surface area contributed by atoms with Crippen molar-refractivity contribution < 1.29 is 18.5 Å². The molecule has 0 aliphatic carbocycles. The quantitative estimate of drug-likeness (QED) is 0.503. The molecule has 4 rings (SSSR count). The Bertz CT molecular complexity index is 1050. The third-order valence-corrected chi connectivity index (χ3v) is 5.02. The predicted molar refractivity (Wildman–Crippen MR) is 106 cm³/mol. The van der Waals surface area contributed by atoms with Gasteiger partial charge in [0, 0.05) is 30.8 Å². The molecule has 30 heavy (non-hydrogen) atoms. The van der Waals surface area contributed by atoms with Crippen LogP contribution < -0.4 is 10.2 Å². The van der Waals surface area contributed by atoms with Crippen molar-refractivity contribution in [3.05, 3.63) is 64.7 Å². The number of hydrogen-bond acceptors (Lipinski definition) is 7. The molecule has 9 nitrogen and oxygen atoms in total. The van der Waals surface area contributed by atoms with Crippen LogP contribution >= 0.6 is 0 Å². The van der Waals surface area contributed by atoms with Gasteiger partial charge in [-0.3, -0.25) is 14.9 Å². The molecule has 3 heterocycles. The highest BCUT2D eigenvalue weighted by Crippen LogP contribution is 2.26. The van der Waals surface area contributed by atoms with Gasteiger partial charge < -0.3 is 14.6 Å². The number of anilines is 2. The third kappa shape index (κ3) is 4.12. The lowest BCUT2D eigenvalue weighted by molar-refractivity contribution is -0.387. The van der Waals surface area contributed by atoms with E-state index in [2.05, 4.69) is 15.5 Å². The number of carbonyl (C=O) groups is 1. The summed E-state index contributed by atoms with van der Waals surface area (Å²) < 4.78 is 18.7. The van der Waals surface area contributed by atoms with E-state index in [-0.39, 0.29) is 17.5 Å². The Morgan fingerprint density at radius 3 is 2.63 bits per heavy atom. The van der Waals surface area contributed by atoms with Crippen molar-refractivity contribution >= 4 is 23.1 Å². The largest absolute Gasteiger partial charge is 0.463 e. The summed E-state index contributed by atoms with van der Waals surface area (Å²) in [5.74, 6) is -0.0650. The molecule has 2 aromatic heterocycles. The molecule has 0 radical (unpaired) electrons. The number of nitro benzene ring substituents is 1. The van der Waals surface area contributed by atoms with E-state index in [9.17, 15) is 19.3 Å². The lowest BCUT2D eigenvalue weighted by atomic mass is 9.95. The molecule has 3 aromatic rings. The first kappa shape index (κ1) is 19.5. The summed E-state index contributed by atoms with van der Waals surface area (Å²) in [6.07, 6.45) is 2.76. The van der Waals surface area contributed by atoms with Crippen molar-refractivity contribution in [1.82, 2.24) is 10.2 Å². The van der Waals surface area contributed by atoms with Gasteiger partial charge >= 0.3 is 5.69 Å². The smallest absolute Gasteiger partial charge is 0.306 e. The van der Waals surface area contributed by atoms with Gasteiger partial charge in [0.15, 0.2) is 11.6 Å². The molecule has 1 amide bonds. The molecule has 0 saturated carbocycles. The zero-order valence-electron chi connectivity index (χ0n) is 15.8. The van der Waals surface area contributed by atoms with E-state index in [0.717, 1.165) is 18.0 Å². The van der Waals surface area contributed by atoms with E-state index in [1.54, 1.807) is 12.3 Å². The Morgan fingerprint density at radius 2 is 2.00 bits per heavy atom. The van der Waals surface area contributed by atoms with E-state index >= 15 is 0 Å². The Morgan fingerprint density at radius 1 is 1.20 bits per heavy atom. The number of nitrogens with one attached hydrogen (secondary N) is 1. The van der Waals surface area contributed by atoms with Crippen LogP contribution in [0.5, 0.6) is 0 Å². The molecule has 1 aliphatic rings. The summed E-state index contributed by atoms with van der Waals surface area (Å²) in [4.78, 5) is 24.6. The Labute approximate surface area is 170 Å². The molecule has 1 fully saturated rings. The maximum absolute atomic E-state index is 13.4. The van der Waals surface area contributed by atoms with Crippen molar-refractivity contribution in [2.75, 3.05) is 23.3 Å². The standard InChI is InChI=1S/C20H18FN5O4/c21-15-4-3-14(12-17(15)26(28)29)22-20(27)13-7-9-25(10-8-13)19-6-5-16(23-24-19)18-2-1-11-30-18/h1-6,11-13H,7-10H2,(H,22,27).